The lowest BCUT2D eigenvalue weighted by Crippen LogP contribution is -2.25. The van der Waals surface area contributed by atoms with Crippen molar-refractivity contribution in [1.29, 1.82) is 0 Å². The van der Waals surface area contributed by atoms with Gasteiger partial charge in [0.25, 0.3) is 0 Å². The smallest absolute Gasteiger partial charge is 0.333 e. The molecular weight excluding hydrogens is 330 g/mol. The lowest BCUT2D eigenvalue weighted by atomic mass is 10.1. The Balaban J connectivity index is 2.30. The minimum Gasteiger partial charge on any atom is -0.496 e. The number of thioether (sulfide) groups is 1. The molecule has 0 aliphatic carbocycles. The summed E-state index contributed by atoms with van der Waals surface area (Å²) < 4.78 is 10.2. The summed E-state index contributed by atoms with van der Waals surface area (Å²) in [6.07, 6.45) is 1.32. The maximum Gasteiger partial charge on any atom is 0.333 e. The molecule has 0 spiro atoms. The van der Waals surface area contributed by atoms with E-state index in [1.165, 1.54) is 36.8 Å². The molecule has 1 fully saturated rings. The fraction of sp³-hybridized carbons (Fsp3) is 0.353. The van der Waals surface area contributed by atoms with Gasteiger partial charge in [-0.1, -0.05) is 11.8 Å². The quantitative estimate of drug-likeness (QED) is 0.446. The van der Waals surface area contributed by atoms with Crippen LogP contribution in [0.5, 0.6) is 5.75 Å². The van der Waals surface area contributed by atoms with Gasteiger partial charge in [0.15, 0.2) is 5.78 Å². The molecule has 0 radical (unpaired) electrons. The highest BCUT2D eigenvalue weighted by Crippen LogP contribution is 2.32. The highest BCUT2D eigenvalue weighted by molar-refractivity contribution is 8.04. The van der Waals surface area contributed by atoms with Gasteiger partial charge in [-0.15, -0.1) is 0 Å². The molecule has 7 heteroatoms. The average Bonchev–Trinajstić information content (AvgIpc) is 2.88. The summed E-state index contributed by atoms with van der Waals surface area (Å²) in [7, 11) is 1.53. The molecule has 0 bridgehead atoms. The second kappa shape index (κ2) is 8.01. The molecule has 0 aromatic heterocycles. The lowest BCUT2D eigenvalue weighted by molar-refractivity contribution is -0.137. The van der Waals surface area contributed by atoms with E-state index in [4.69, 9.17) is 9.47 Å². The standard InChI is InChI=1S/C17H19NO5S/c1-4-23-17(21)8-16-18(15(20)10-24-16)9-13-7-12(11(2)19)5-6-14(13)22-3/h5-8H,4,9-10H2,1-3H3/b16-8-. The van der Waals surface area contributed by atoms with Crippen LogP contribution in [0.4, 0.5) is 0 Å². The van der Waals surface area contributed by atoms with E-state index in [1.807, 2.05) is 0 Å². The molecule has 128 valence electrons. The van der Waals surface area contributed by atoms with Gasteiger partial charge in [0, 0.05) is 11.1 Å². The van der Waals surface area contributed by atoms with Gasteiger partial charge in [0.2, 0.25) is 5.91 Å². The number of carbonyl (C=O) groups excluding carboxylic acids is 3. The molecule has 1 amide bonds. The minimum atomic E-state index is -0.482. The Kier molecular flexibility index (Phi) is 6.03. The van der Waals surface area contributed by atoms with Gasteiger partial charge in [-0.25, -0.2) is 4.79 Å². The summed E-state index contributed by atoms with van der Waals surface area (Å²) in [4.78, 5) is 36.9. The van der Waals surface area contributed by atoms with Crippen LogP contribution in [0.2, 0.25) is 0 Å². The van der Waals surface area contributed by atoms with E-state index in [9.17, 15) is 14.4 Å². The van der Waals surface area contributed by atoms with Crippen LogP contribution < -0.4 is 4.74 Å². The maximum atomic E-state index is 12.2. The lowest BCUT2D eigenvalue weighted by Gasteiger charge is -2.19. The number of carbonyl (C=O) groups is 3. The molecule has 6 nitrogen and oxygen atoms in total. The van der Waals surface area contributed by atoms with E-state index in [1.54, 1.807) is 25.1 Å². The summed E-state index contributed by atoms with van der Waals surface area (Å²) in [5.41, 5.74) is 1.25. The van der Waals surface area contributed by atoms with E-state index in [-0.39, 0.29) is 30.6 Å². The Morgan fingerprint density at radius 2 is 2.12 bits per heavy atom. The second-order valence-electron chi connectivity index (χ2n) is 5.09. The summed E-state index contributed by atoms with van der Waals surface area (Å²) in [5.74, 6) is 0.193. The van der Waals surface area contributed by atoms with Gasteiger partial charge in [-0.3, -0.25) is 9.59 Å². The van der Waals surface area contributed by atoms with Crippen LogP contribution in [0.25, 0.3) is 0 Å². The first-order chi connectivity index (χ1) is 11.5. The molecule has 0 saturated carbocycles. The zero-order valence-corrected chi connectivity index (χ0v) is 14.6. The highest BCUT2D eigenvalue weighted by Gasteiger charge is 2.28. The van der Waals surface area contributed by atoms with Crippen LogP contribution in [0.3, 0.4) is 0 Å². The molecule has 1 aliphatic heterocycles. The number of hydrogen-bond donors (Lipinski definition) is 0. The first kappa shape index (κ1) is 18.1. The predicted octanol–water partition coefficient (Wildman–Crippen LogP) is 2.38. The zero-order valence-electron chi connectivity index (χ0n) is 13.8. The van der Waals surface area contributed by atoms with E-state index >= 15 is 0 Å². The number of rotatable bonds is 6. The molecule has 1 heterocycles. The highest BCUT2D eigenvalue weighted by atomic mass is 32.2. The van der Waals surface area contributed by atoms with Crippen LogP contribution in [-0.4, -0.2) is 42.0 Å². The first-order valence-electron chi connectivity index (χ1n) is 7.45. The second-order valence-corrected chi connectivity index (χ2v) is 6.08. The van der Waals surface area contributed by atoms with Crippen molar-refractivity contribution >= 4 is 29.4 Å². The number of hydrogen-bond acceptors (Lipinski definition) is 6. The first-order valence-corrected chi connectivity index (χ1v) is 8.44. The van der Waals surface area contributed by atoms with Gasteiger partial charge in [0.05, 0.1) is 37.1 Å². The number of nitrogens with zero attached hydrogens (tertiary/aromatic N) is 1. The monoisotopic (exact) mass is 349 g/mol. The van der Waals surface area contributed by atoms with Gasteiger partial charge < -0.3 is 14.4 Å². The summed E-state index contributed by atoms with van der Waals surface area (Å²) in [6, 6.07) is 5.09. The van der Waals surface area contributed by atoms with Crippen molar-refractivity contribution in [1.82, 2.24) is 4.90 Å². The number of methoxy groups -OCH3 is 1. The molecule has 0 unspecified atom stereocenters. The van der Waals surface area contributed by atoms with Crippen LogP contribution in [-0.2, 0) is 20.9 Å². The Hall–Kier alpha value is -2.28. The predicted molar refractivity (Wildman–Crippen MR) is 90.7 cm³/mol. The third kappa shape index (κ3) is 4.17. The van der Waals surface area contributed by atoms with Gasteiger partial charge in [-0.05, 0) is 32.0 Å². The molecule has 2 rings (SSSR count). The number of benzene rings is 1. The van der Waals surface area contributed by atoms with Crippen molar-refractivity contribution in [3.05, 3.63) is 40.4 Å². The van der Waals surface area contributed by atoms with Gasteiger partial charge in [-0.2, -0.15) is 0 Å². The minimum absolute atomic E-state index is 0.0664. The van der Waals surface area contributed by atoms with Crippen LogP contribution >= 0.6 is 11.8 Å². The molecule has 1 aromatic rings. The maximum absolute atomic E-state index is 12.2. The fourth-order valence-corrected chi connectivity index (χ4v) is 3.21. The Morgan fingerprint density at radius 1 is 1.38 bits per heavy atom. The van der Waals surface area contributed by atoms with Crippen LogP contribution in [0, 0.1) is 0 Å². The molecule has 0 atom stereocenters. The third-order valence-electron chi connectivity index (χ3n) is 3.45. The third-order valence-corrected chi connectivity index (χ3v) is 4.48. The van der Waals surface area contributed by atoms with E-state index in [0.717, 1.165) is 0 Å². The summed E-state index contributed by atoms with van der Waals surface area (Å²) >= 11 is 1.28. The number of esters is 1. The van der Waals surface area contributed by atoms with Crippen molar-refractivity contribution in [2.24, 2.45) is 0 Å². The van der Waals surface area contributed by atoms with Crippen molar-refractivity contribution < 1.29 is 23.9 Å². The van der Waals surface area contributed by atoms with E-state index in [2.05, 4.69) is 0 Å². The van der Waals surface area contributed by atoms with Crippen molar-refractivity contribution in [2.45, 2.75) is 20.4 Å². The van der Waals surface area contributed by atoms with E-state index < -0.39 is 5.97 Å². The molecule has 0 N–H and O–H groups in total. The van der Waals surface area contributed by atoms with Crippen molar-refractivity contribution in [3.63, 3.8) is 0 Å². The number of ketones is 1. The average molecular weight is 349 g/mol. The Morgan fingerprint density at radius 3 is 2.75 bits per heavy atom. The van der Waals surface area contributed by atoms with E-state index in [0.29, 0.717) is 21.9 Å². The van der Waals surface area contributed by atoms with Crippen molar-refractivity contribution in [2.75, 3.05) is 19.5 Å². The molecule has 1 aliphatic rings. The van der Waals surface area contributed by atoms with Crippen molar-refractivity contribution in [3.8, 4) is 5.75 Å². The SMILES string of the molecule is CCOC(=O)/C=C1\SCC(=O)N1Cc1cc(C(C)=O)ccc1OC. The molecule has 24 heavy (non-hydrogen) atoms. The van der Waals surface area contributed by atoms with Crippen LogP contribution in [0.1, 0.15) is 29.8 Å². The molecule has 1 saturated heterocycles. The number of ether oxygens (including phenoxy) is 2. The summed E-state index contributed by atoms with van der Waals surface area (Å²) in [6.45, 7) is 3.70. The zero-order chi connectivity index (χ0) is 17.7. The van der Waals surface area contributed by atoms with Gasteiger partial charge >= 0.3 is 5.97 Å². The Labute approximate surface area is 144 Å². The topological polar surface area (TPSA) is 72.9 Å². The fourth-order valence-electron chi connectivity index (χ4n) is 2.28. The number of amides is 1. The molecule has 1 aromatic carbocycles. The van der Waals surface area contributed by atoms with Crippen LogP contribution in [0.15, 0.2) is 29.3 Å². The molecular formula is C17H19NO5S. The number of Topliss-reactive ketones (excluding diaryl/α,β-unsaturated/α-hetero) is 1. The summed E-state index contributed by atoms with van der Waals surface area (Å²) in [5, 5.41) is 0.536. The van der Waals surface area contributed by atoms with Gasteiger partial charge in [0.1, 0.15) is 5.75 Å². The normalized spacial score (nSPS) is 15.7. The Bertz CT molecular complexity index is 698. The largest absolute Gasteiger partial charge is 0.496 e.